The van der Waals surface area contributed by atoms with Crippen LogP contribution in [0.4, 0.5) is 0 Å². The molecule has 0 N–H and O–H groups in total. The molecule has 1 aliphatic heterocycles. The van der Waals surface area contributed by atoms with Crippen molar-refractivity contribution in [1.29, 1.82) is 0 Å². The third-order valence-corrected chi connectivity index (χ3v) is 5.80. The smallest absolute Gasteiger partial charge is 0.303 e. The predicted octanol–water partition coefficient (Wildman–Crippen LogP) is 2.87. The predicted molar refractivity (Wildman–Crippen MR) is 85.5 cm³/mol. The lowest BCUT2D eigenvalue weighted by atomic mass is 9.93. The molecule has 3 atom stereocenters. The molecule has 1 aromatic carbocycles. The van der Waals surface area contributed by atoms with Crippen molar-refractivity contribution in [3.05, 3.63) is 35.9 Å². The van der Waals surface area contributed by atoms with Gasteiger partial charge in [-0.1, -0.05) is 49.6 Å². The van der Waals surface area contributed by atoms with Crippen LogP contribution in [-0.2, 0) is 19.9 Å². The molecule has 4 heteroatoms. The summed E-state index contributed by atoms with van der Waals surface area (Å²) in [6.07, 6.45) is 5.97. The lowest BCUT2D eigenvalue weighted by Crippen LogP contribution is -2.43. The van der Waals surface area contributed by atoms with E-state index in [1.165, 1.54) is 26.2 Å². The number of hydrogen-bond acceptors (Lipinski definition) is 3. The number of rotatable bonds is 3. The minimum absolute atomic E-state index is 0.114. The number of esters is 1. The maximum absolute atomic E-state index is 13.0. The minimum atomic E-state index is -0.713. The van der Waals surface area contributed by atoms with E-state index in [4.69, 9.17) is 4.74 Å². The summed E-state index contributed by atoms with van der Waals surface area (Å²) in [6, 6.07) is 10.2. The van der Waals surface area contributed by atoms with Gasteiger partial charge in [0, 0.05) is 25.4 Å². The molecule has 0 spiro atoms. The number of benzene rings is 1. The largest absolute Gasteiger partial charge is 0.453 e. The zero-order valence-corrected chi connectivity index (χ0v) is 13.5. The number of likely N-dealkylation sites (tertiary alicyclic amines) is 1. The summed E-state index contributed by atoms with van der Waals surface area (Å²) >= 11 is 0. The van der Waals surface area contributed by atoms with Crippen LogP contribution < -0.4 is 0 Å². The first kappa shape index (κ1) is 14.7. The fourth-order valence-electron chi connectivity index (χ4n) is 4.76. The Labute approximate surface area is 136 Å². The summed E-state index contributed by atoms with van der Waals surface area (Å²) in [5.74, 6) is -0.189. The van der Waals surface area contributed by atoms with Crippen molar-refractivity contribution >= 4 is 11.9 Å². The molecule has 2 aliphatic carbocycles. The zero-order valence-electron chi connectivity index (χ0n) is 13.5. The summed E-state index contributed by atoms with van der Waals surface area (Å²) in [4.78, 5) is 26.7. The van der Waals surface area contributed by atoms with Crippen LogP contribution in [0.2, 0.25) is 0 Å². The maximum Gasteiger partial charge on any atom is 0.303 e. The van der Waals surface area contributed by atoms with Crippen LogP contribution in [0.1, 0.15) is 44.6 Å². The molecule has 0 unspecified atom stereocenters. The van der Waals surface area contributed by atoms with Crippen LogP contribution in [0.25, 0.3) is 0 Å². The van der Waals surface area contributed by atoms with Crippen molar-refractivity contribution in [2.75, 3.05) is 6.54 Å². The summed E-state index contributed by atoms with van der Waals surface area (Å²) in [5.41, 5.74) is 0.247. The highest BCUT2D eigenvalue weighted by Crippen LogP contribution is 2.65. The zero-order chi connectivity index (χ0) is 16.0. The second-order valence-electron chi connectivity index (χ2n) is 7.12. The van der Waals surface area contributed by atoms with Gasteiger partial charge in [0.05, 0.1) is 5.92 Å². The van der Waals surface area contributed by atoms with Gasteiger partial charge in [0.25, 0.3) is 0 Å². The molecule has 23 heavy (non-hydrogen) atoms. The van der Waals surface area contributed by atoms with Crippen molar-refractivity contribution in [2.45, 2.75) is 50.7 Å². The van der Waals surface area contributed by atoms with E-state index < -0.39 is 5.60 Å². The molecular formula is C19H23NO3. The number of carbonyl (C=O) groups excluding carboxylic acids is 2. The molecule has 1 saturated heterocycles. The number of hydrogen-bond donors (Lipinski definition) is 0. The number of fused-ring (bicyclic) bond motifs is 1. The van der Waals surface area contributed by atoms with E-state index in [2.05, 4.69) is 4.90 Å². The van der Waals surface area contributed by atoms with Crippen LogP contribution in [0.3, 0.4) is 0 Å². The van der Waals surface area contributed by atoms with Gasteiger partial charge in [-0.15, -0.1) is 0 Å². The summed E-state index contributed by atoms with van der Waals surface area (Å²) in [7, 11) is 0. The molecule has 0 bridgehead atoms. The molecule has 3 fully saturated rings. The fraction of sp³-hybridized carbons (Fsp3) is 0.579. The third-order valence-electron chi connectivity index (χ3n) is 5.80. The highest BCUT2D eigenvalue weighted by molar-refractivity contribution is 5.89. The minimum Gasteiger partial charge on any atom is -0.453 e. The summed E-state index contributed by atoms with van der Waals surface area (Å²) < 4.78 is 5.72. The Hall–Kier alpha value is -1.84. The second kappa shape index (κ2) is 5.36. The van der Waals surface area contributed by atoms with E-state index in [1.807, 2.05) is 30.3 Å². The van der Waals surface area contributed by atoms with E-state index in [0.717, 1.165) is 24.9 Å². The molecule has 1 aromatic rings. The van der Waals surface area contributed by atoms with Crippen LogP contribution >= 0.6 is 0 Å². The van der Waals surface area contributed by atoms with Crippen molar-refractivity contribution in [3.63, 3.8) is 0 Å². The van der Waals surface area contributed by atoms with Gasteiger partial charge in [-0.2, -0.15) is 0 Å². The Morgan fingerprint density at radius 2 is 1.87 bits per heavy atom. The fourth-order valence-corrected chi connectivity index (χ4v) is 4.76. The lowest BCUT2D eigenvalue weighted by Gasteiger charge is -2.35. The van der Waals surface area contributed by atoms with Gasteiger partial charge in [0.1, 0.15) is 0 Å². The van der Waals surface area contributed by atoms with Crippen molar-refractivity contribution in [1.82, 2.24) is 4.90 Å². The van der Waals surface area contributed by atoms with Crippen LogP contribution in [-0.4, -0.2) is 29.4 Å². The first-order valence-electron chi connectivity index (χ1n) is 8.70. The van der Waals surface area contributed by atoms with Crippen molar-refractivity contribution in [3.8, 4) is 0 Å². The van der Waals surface area contributed by atoms with Gasteiger partial charge in [0.15, 0.2) is 5.60 Å². The molecule has 1 heterocycles. The van der Waals surface area contributed by atoms with Gasteiger partial charge < -0.3 is 9.64 Å². The Kier molecular flexibility index (Phi) is 3.43. The molecule has 4 rings (SSSR count). The Balaban J connectivity index is 1.59. The molecular weight excluding hydrogens is 290 g/mol. The SMILES string of the molecule is CC(=O)O[C@]1(c2ccccc2)[C@@H]2CN(C3CCCCC3)C(=O)[C@H]21. The molecule has 0 radical (unpaired) electrons. The Morgan fingerprint density at radius 1 is 1.17 bits per heavy atom. The Morgan fingerprint density at radius 3 is 2.43 bits per heavy atom. The van der Waals surface area contributed by atoms with Crippen LogP contribution in [0.15, 0.2) is 30.3 Å². The summed E-state index contributed by atoms with van der Waals surface area (Å²) in [6.45, 7) is 2.17. The number of amides is 1. The van der Waals surface area contributed by atoms with Gasteiger partial charge >= 0.3 is 5.97 Å². The topological polar surface area (TPSA) is 46.6 Å². The number of ether oxygens (including phenoxy) is 1. The maximum atomic E-state index is 13.0. The molecule has 122 valence electrons. The summed E-state index contributed by atoms with van der Waals surface area (Å²) in [5, 5.41) is 0. The van der Waals surface area contributed by atoms with Gasteiger partial charge in [0.2, 0.25) is 5.91 Å². The molecule has 4 nitrogen and oxygen atoms in total. The van der Waals surface area contributed by atoms with Crippen LogP contribution in [0.5, 0.6) is 0 Å². The monoisotopic (exact) mass is 313 g/mol. The first-order chi connectivity index (χ1) is 11.1. The molecule has 0 aromatic heterocycles. The highest BCUT2D eigenvalue weighted by Gasteiger charge is 2.77. The van der Waals surface area contributed by atoms with E-state index >= 15 is 0 Å². The van der Waals surface area contributed by atoms with Gasteiger partial charge in [-0.05, 0) is 18.4 Å². The van der Waals surface area contributed by atoms with Crippen molar-refractivity contribution in [2.24, 2.45) is 11.8 Å². The Bertz CT molecular complexity index is 623. The lowest BCUT2D eigenvalue weighted by molar-refractivity contribution is -0.155. The molecule has 2 saturated carbocycles. The first-order valence-corrected chi connectivity index (χ1v) is 8.70. The number of nitrogens with zero attached hydrogens (tertiary/aromatic N) is 1. The van der Waals surface area contributed by atoms with E-state index in [0.29, 0.717) is 6.04 Å². The highest BCUT2D eigenvalue weighted by atomic mass is 16.6. The van der Waals surface area contributed by atoms with E-state index in [9.17, 15) is 9.59 Å². The molecule has 1 amide bonds. The van der Waals surface area contributed by atoms with Gasteiger partial charge in [-0.3, -0.25) is 9.59 Å². The standard InChI is InChI=1S/C19H23NO3/c1-13(21)23-19(14-8-4-2-5-9-14)16-12-20(18(22)17(16)19)15-10-6-3-7-11-15/h2,4-5,8-9,15-17H,3,6-7,10-12H2,1H3/t16-,17+,19-/m1/s1. The average Bonchev–Trinajstić information content (AvgIpc) is 3.05. The third kappa shape index (κ3) is 2.19. The average molecular weight is 313 g/mol. The second-order valence-corrected chi connectivity index (χ2v) is 7.12. The number of carbonyl (C=O) groups is 2. The van der Waals surface area contributed by atoms with Crippen molar-refractivity contribution < 1.29 is 14.3 Å². The van der Waals surface area contributed by atoms with E-state index in [1.54, 1.807) is 0 Å². The number of piperidine rings is 1. The molecule has 3 aliphatic rings. The van der Waals surface area contributed by atoms with Crippen LogP contribution in [0, 0.1) is 11.8 Å². The normalized spacial score (nSPS) is 33.4. The van der Waals surface area contributed by atoms with E-state index in [-0.39, 0.29) is 23.7 Å². The quantitative estimate of drug-likeness (QED) is 0.806. The van der Waals surface area contributed by atoms with Gasteiger partial charge in [-0.25, -0.2) is 0 Å².